The second-order valence-corrected chi connectivity index (χ2v) is 6.33. The predicted octanol–water partition coefficient (Wildman–Crippen LogP) is 2.53. The Labute approximate surface area is 135 Å². The van der Waals surface area contributed by atoms with E-state index in [-0.39, 0.29) is 5.91 Å². The largest absolute Gasteiger partial charge is 0.497 e. The lowest BCUT2D eigenvalue weighted by Crippen LogP contribution is -2.49. The Kier molecular flexibility index (Phi) is 4.07. The minimum absolute atomic E-state index is 0.237. The van der Waals surface area contributed by atoms with Crippen LogP contribution in [-0.4, -0.2) is 35.8 Å². The van der Waals surface area contributed by atoms with E-state index in [0.717, 1.165) is 29.2 Å². The van der Waals surface area contributed by atoms with E-state index in [0.29, 0.717) is 18.8 Å². The molecule has 1 aromatic rings. The van der Waals surface area contributed by atoms with E-state index in [9.17, 15) is 9.59 Å². The number of carbonyl (C=O) groups is 2. The highest BCUT2D eigenvalue weighted by Crippen LogP contribution is 2.36. The van der Waals surface area contributed by atoms with Crippen molar-refractivity contribution in [2.45, 2.75) is 38.1 Å². The molecule has 6 nitrogen and oxygen atoms in total. The van der Waals surface area contributed by atoms with Gasteiger partial charge in [-0.15, -0.1) is 5.01 Å². The van der Waals surface area contributed by atoms with Crippen LogP contribution in [0, 0.1) is 5.92 Å². The van der Waals surface area contributed by atoms with E-state index < -0.39 is 11.6 Å². The summed E-state index contributed by atoms with van der Waals surface area (Å²) in [5.74, 6) is 1.11. The van der Waals surface area contributed by atoms with Crippen molar-refractivity contribution >= 4 is 18.2 Å². The third kappa shape index (κ3) is 2.93. The number of nitrogens with one attached hydrogen (secondary N) is 1. The quantitative estimate of drug-likeness (QED) is 0.688. The van der Waals surface area contributed by atoms with Crippen LogP contribution in [0.3, 0.4) is 0 Å². The second kappa shape index (κ2) is 6.02. The zero-order chi connectivity index (χ0) is 16.4. The van der Waals surface area contributed by atoms with Gasteiger partial charge >= 0.3 is 6.03 Å². The lowest BCUT2D eigenvalue weighted by Gasteiger charge is -2.33. The number of hydrogen-bond donors (Lipinski definition) is 1. The highest BCUT2D eigenvalue weighted by molar-refractivity contribution is 6.07. The van der Waals surface area contributed by atoms with Crippen molar-refractivity contribution in [1.29, 1.82) is 0 Å². The number of carbonyl (C=O) groups excluding carboxylic acids is 2. The predicted molar refractivity (Wildman–Crippen MR) is 86.3 cm³/mol. The van der Waals surface area contributed by atoms with Gasteiger partial charge in [-0.1, -0.05) is 6.92 Å². The number of benzene rings is 1. The van der Waals surface area contributed by atoms with Gasteiger partial charge in [0.1, 0.15) is 11.3 Å². The van der Waals surface area contributed by atoms with E-state index in [4.69, 9.17) is 4.74 Å². The van der Waals surface area contributed by atoms with Crippen LogP contribution in [-0.2, 0) is 4.79 Å². The molecule has 1 saturated heterocycles. The minimum atomic E-state index is -0.749. The monoisotopic (exact) mass is 315 g/mol. The Morgan fingerprint density at radius 3 is 2.52 bits per heavy atom. The molecule has 1 aromatic carbocycles. The summed E-state index contributed by atoms with van der Waals surface area (Å²) >= 11 is 0. The Morgan fingerprint density at radius 2 is 1.91 bits per heavy atom. The van der Waals surface area contributed by atoms with Crippen molar-refractivity contribution in [3.63, 3.8) is 0 Å². The smallest absolute Gasteiger partial charge is 0.346 e. The van der Waals surface area contributed by atoms with Gasteiger partial charge in [0.2, 0.25) is 0 Å². The number of methoxy groups -OCH3 is 1. The number of rotatable bonds is 3. The molecule has 0 unspecified atom stereocenters. The summed E-state index contributed by atoms with van der Waals surface area (Å²) in [6.45, 7) is 2.17. The van der Waals surface area contributed by atoms with E-state index in [1.165, 1.54) is 6.21 Å². The van der Waals surface area contributed by atoms with Gasteiger partial charge in [0.25, 0.3) is 5.91 Å². The highest BCUT2D eigenvalue weighted by Gasteiger charge is 2.52. The first-order valence-electron chi connectivity index (χ1n) is 7.89. The number of urea groups is 1. The van der Waals surface area contributed by atoms with E-state index in [1.54, 1.807) is 19.2 Å². The van der Waals surface area contributed by atoms with E-state index in [1.807, 2.05) is 12.1 Å². The Bertz CT molecular complexity index is 631. The molecule has 1 aliphatic heterocycles. The molecule has 1 aliphatic carbocycles. The first kappa shape index (κ1) is 15.5. The lowest BCUT2D eigenvalue weighted by atomic mass is 9.77. The van der Waals surface area contributed by atoms with Crippen LogP contribution in [0.2, 0.25) is 0 Å². The van der Waals surface area contributed by atoms with Crippen LogP contribution in [0.4, 0.5) is 4.79 Å². The fourth-order valence-electron chi connectivity index (χ4n) is 3.12. The molecular weight excluding hydrogens is 294 g/mol. The summed E-state index contributed by atoms with van der Waals surface area (Å²) in [4.78, 5) is 24.8. The van der Waals surface area contributed by atoms with Gasteiger partial charge in [-0.05, 0) is 61.4 Å². The normalized spacial score (nSPS) is 27.7. The van der Waals surface area contributed by atoms with Crippen LogP contribution in [0.15, 0.2) is 29.4 Å². The number of amides is 3. The first-order chi connectivity index (χ1) is 11.0. The average Bonchev–Trinajstić information content (AvgIpc) is 2.80. The number of hydrogen-bond acceptors (Lipinski definition) is 4. The van der Waals surface area contributed by atoms with Crippen molar-refractivity contribution in [2.24, 2.45) is 11.0 Å². The number of hydrazone groups is 1. The summed E-state index contributed by atoms with van der Waals surface area (Å²) in [5.41, 5.74) is 0.0468. The topological polar surface area (TPSA) is 71.0 Å². The molecule has 1 heterocycles. The number of imide groups is 1. The fourth-order valence-corrected chi connectivity index (χ4v) is 3.12. The van der Waals surface area contributed by atoms with Crippen molar-refractivity contribution in [2.75, 3.05) is 7.11 Å². The molecule has 2 aliphatic rings. The molecule has 6 heteroatoms. The van der Waals surface area contributed by atoms with Crippen LogP contribution in [0.5, 0.6) is 5.75 Å². The Balaban J connectivity index is 1.73. The van der Waals surface area contributed by atoms with Crippen molar-refractivity contribution in [3.05, 3.63) is 29.8 Å². The van der Waals surface area contributed by atoms with Crippen LogP contribution in [0.25, 0.3) is 0 Å². The van der Waals surface area contributed by atoms with E-state index >= 15 is 0 Å². The summed E-state index contributed by atoms with van der Waals surface area (Å²) < 4.78 is 5.09. The SMILES string of the molecule is COc1ccc(C=NN2C(=O)NC3(CCC(C)CC3)C2=O)cc1. The Hall–Kier alpha value is -2.37. The van der Waals surface area contributed by atoms with Crippen LogP contribution >= 0.6 is 0 Å². The fraction of sp³-hybridized carbons (Fsp3) is 0.471. The highest BCUT2D eigenvalue weighted by atomic mass is 16.5. The molecule has 1 spiro atoms. The third-order valence-electron chi connectivity index (χ3n) is 4.71. The van der Waals surface area contributed by atoms with Gasteiger partial charge in [-0.2, -0.15) is 5.10 Å². The Morgan fingerprint density at radius 1 is 1.26 bits per heavy atom. The second-order valence-electron chi connectivity index (χ2n) is 6.33. The summed E-state index contributed by atoms with van der Waals surface area (Å²) in [7, 11) is 1.60. The summed E-state index contributed by atoms with van der Waals surface area (Å²) in [6.07, 6.45) is 4.78. The molecule has 0 atom stereocenters. The summed E-state index contributed by atoms with van der Waals surface area (Å²) in [6, 6.07) is 6.81. The maximum absolute atomic E-state index is 12.6. The standard InChI is InChI=1S/C17H21N3O3/c1-12-7-9-17(10-8-12)15(21)20(16(22)19-17)18-11-13-3-5-14(23-2)6-4-13/h3-6,11-12H,7-10H2,1-2H3,(H,19,22). The molecular formula is C17H21N3O3. The first-order valence-corrected chi connectivity index (χ1v) is 7.89. The molecule has 0 bridgehead atoms. The maximum Gasteiger partial charge on any atom is 0.346 e. The zero-order valence-corrected chi connectivity index (χ0v) is 13.4. The molecule has 122 valence electrons. The van der Waals surface area contributed by atoms with Gasteiger partial charge in [0, 0.05) is 0 Å². The number of ether oxygens (including phenoxy) is 1. The molecule has 1 saturated carbocycles. The van der Waals surface area contributed by atoms with Crippen molar-refractivity contribution in [1.82, 2.24) is 10.3 Å². The third-order valence-corrected chi connectivity index (χ3v) is 4.71. The minimum Gasteiger partial charge on any atom is -0.497 e. The summed E-state index contributed by atoms with van der Waals surface area (Å²) in [5, 5.41) is 7.89. The molecule has 1 N–H and O–H groups in total. The molecule has 3 rings (SSSR count). The van der Waals surface area contributed by atoms with Gasteiger partial charge in [-0.25, -0.2) is 4.79 Å². The average molecular weight is 315 g/mol. The van der Waals surface area contributed by atoms with E-state index in [2.05, 4.69) is 17.3 Å². The van der Waals surface area contributed by atoms with Crippen LogP contribution in [0.1, 0.15) is 38.2 Å². The lowest BCUT2D eigenvalue weighted by molar-refractivity contribution is -0.132. The molecule has 2 fully saturated rings. The molecule has 23 heavy (non-hydrogen) atoms. The van der Waals surface area contributed by atoms with Crippen molar-refractivity contribution < 1.29 is 14.3 Å². The molecule has 0 aromatic heterocycles. The van der Waals surface area contributed by atoms with Gasteiger partial charge in [0.15, 0.2) is 0 Å². The van der Waals surface area contributed by atoms with Crippen molar-refractivity contribution in [3.8, 4) is 5.75 Å². The van der Waals surface area contributed by atoms with Gasteiger partial charge in [-0.3, -0.25) is 4.79 Å². The van der Waals surface area contributed by atoms with Gasteiger partial charge < -0.3 is 10.1 Å². The maximum atomic E-state index is 12.6. The molecule has 0 radical (unpaired) electrons. The zero-order valence-electron chi connectivity index (χ0n) is 13.4. The molecule has 3 amide bonds. The number of nitrogens with zero attached hydrogens (tertiary/aromatic N) is 2. The van der Waals surface area contributed by atoms with Crippen LogP contribution < -0.4 is 10.1 Å². The van der Waals surface area contributed by atoms with Gasteiger partial charge in [0.05, 0.1) is 13.3 Å².